The molecule has 7 nitrogen and oxygen atoms in total. The van der Waals surface area contributed by atoms with Gasteiger partial charge in [-0.25, -0.2) is 9.78 Å². The second-order valence-corrected chi connectivity index (χ2v) is 8.10. The lowest BCUT2D eigenvalue weighted by Gasteiger charge is -2.35. The van der Waals surface area contributed by atoms with Crippen LogP contribution in [0.2, 0.25) is 0 Å². The number of hydrogen-bond acceptors (Lipinski definition) is 5. The van der Waals surface area contributed by atoms with Crippen LogP contribution in [0.15, 0.2) is 58.1 Å². The Bertz CT molecular complexity index is 1190. The van der Waals surface area contributed by atoms with Gasteiger partial charge in [0.15, 0.2) is 0 Å². The summed E-state index contributed by atoms with van der Waals surface area (Å²) < 4.78 is 7.14. The third kappa shape index (κ3) is 3.87. The number of ether oxygens (including phenoxy) is 1. The van der Waals surface area contributed by atoms with E-state index < -0.39 is 12.0 Å². The predicted octanol–water partition coefficient (Wildman–Crippen LogP) is 2.68. The number of rotatable bonds is 4. The molecule has 1 aliphatic heterocycles. The Kier molecular flexibility index (Phi) is 5.67. The fraction of sp³-hybridized carbons (Fsp3) is 0.273. The standard InChI is InChI=1S/C22H20BrN3O4/c1-30-22(29)19-10-14-4-2-3-5-15(14)12-26(19)20(27)8-9-25-13-24-18-7-6-16(23)11-17(18)21(25)28/h2-7,11,13,19H,8-10,12H2,1H3. The Balaban J connectivity index is 1.55. The lowest BCUT2D eigenvalue weighted by molar-refractivity contribution is -0.154. The first-order valence-electron chi connectivity index (χ1n) is 9.56. The summed E-state index contributed by atoms with van der Waals surface area (Å²) in [6.45, 7) is 0.520. The number of esters is 1. The van der Waals surface area contributed by atoms with Gasteiger partial charge in [-0.2, -0.15) is 0 Å². The number of carbonyl (C=O) groups excluding carboxylic acids is 2. The summed E-state index contributed by atoms with van der Waals surface area (Å²) in [5.41, 5.74) is 2.45. The number of benzene rings is 2. The summed E-state index contributed by atoms with van der Waals surface area (Å²) in [5, 5.41) is 0.485. The minimum atomic E-state index is -0.667. The van der Waals surface area contributed by atoms with E-state index in [2.05, 4.69) is 20.9 Å². The summed E-state index contributed by atoms with van der Waals surface area (Å²) in [7, 11) is 1.32. The van der Waals surface area contributed by atoms with Gasteiger partial charge < -0.3 is 9.64 Å². The minimum absolute atomic E-state index is 0.0801. The third-order valence-electron chi connectivity index (χ3n) is 5.39. The second-order valence-electron chi connectivity index (χ2n) is 7.19. The van der Waals surface area contributed by atoms with E-state index in [1.165, 1.54) is 18.0 Å². The van der Waals surface area contributed by atoms with E-state index in [1.54, 1.807) is 17.0 Å². The minimum Gasteiger partial charge on any atom is -0.467 e. The largest absolute Gasteiger partial charge is 0.467 e. The van der Waals surface area contributed by atoms with Crippen LogP contribution >= 0.6 is 15.9 Å². The van der Waals surface area contributed by atoms with E-state index in [1.807, 2.05) is 30.3 Å². The van der Waals surface area contributed by atoms with Crippen molar-refractivity contribution in [2.75, 3.05) is 7.11 Å². The van der Waals surface area contributed by atoms with E-state index in [9.17, 15) is 14.4 Å². The second kappa shape index (κ2) is 8.39. The molecule has 1 aromatic heterocycles. The van der Waals surface area contributed by atoms with Gasteiger partial charge in [0.25, 0.3) is 5.56 Å². The SMILES string of the molecule is COC(=O)C1Cc2ccccc2CN1C(=O)CCn1cnc2ccc(Br)cc2c1=O. The average molecular weight is 470 g/mol. The van der Waals surface area contributed by atoms with Crippen LogP contribution in [0.25, 0.3) is 10.9 Å². The summed E-state index contributed by atoms with van der Waals surface area (Å²) >= 11 is 3.37. The Morgan fingerprint density at radius 2 is 1.97 bits per heavy atom. The topological polar surface area (TPSA) is 81.5 Å². The van der Waals surface area contributed by atoms with Gasteiger partial charge in [0.1, 0.15) is 6.04 Å². The van der Waals surface area contributed by atoms with Gasteiger partial charge in [-0.15, -0.1) is 0 Å². The molecule has 2 heterocycles. The number of fused-ring (bicyclic) bond motifs is 2. The van der Waals surface area contributed by atoms with Crippen molar-refractivity contribution in [1.29, 1.82) is 0 Å². The molecule has 8 heteroatoms. The van der Waals surface area contributed by atoms with Gasteiger partial charge >= 0.3 is 5.97 Å². The zero-order valence-electron chi connectivity index (χ0n) is 16.4. The zero-order chi connectivity index (χ0) is 21.3. The Morgan fingerprint density at radius 3 is 2.73 bits per heavy atom. The van der Waals surface area contributed by atoms with Crippen LogP contribution in [0.1, 0.15) is 17.5 Å². The number of methoxy groups -OCH3 is 1. The van der Waals surface area contributed by atoms with Crippen molar-refractivity contribution >= 4 is 38.7 Å². The molecule has 30 heavy (non-hydrogen) atoms. The molecule has 1 unspecified atom stereocenters. The molecule has 1 aliphatic rings. The van der Waals surface area contributed by atoms with Crippen LogP contribution in [0, 0.1) is 0 Å². The maximum Gasteiger partial charge on any atom is 0.328 e. The molecule has 1 atom stereocenters. The molecule has 4 rings (SSSR count). The number of nitrogens with zero attached hydrogens (tertiary/aromatic N) is 3. The smallest absolute Gasteiger partial charge is 0.328 e. The monoisotopic (exact) mass is 469 g/mol. The summed E-state index contributed by atoms with van der Waals surface area (Å²) in [5.74, 6) is -0.645. The third-order valence-corrected chi connectivity index (χ3v) is 5.89. The first-order valence-corrected chi connectivity index (χ1v) is 10.4. The van der Waals surface area contributed by atoms with Gasteiger partial charge in [-0.3, -0.25) is 14.2 Å². The Morgan fingerprint density at radius 1 is 1.20 bits per heavy atom. The molecular formula is C22H20BrN3O4. The molecule has 3 aromatic rings. The van der Waals surface area contributed by atoms with Crippen molar-refractivity contribution in [2.24, 2.45) is 0 Å². The highest BCUT2D eigenvalue weighted by molar-refractivity contribution is 9.10. The first kappa shape index (κ1) is 20.3. The highest BCUT2D eigenvalue weighted by Crippen LogP contribution is 2.25. The summed E-state index contributed by atoms with van der Waals surface area (Å²) in [4.78, 5) is 43.9. The van der Waals surface area contributed by atoms with Crippen LogP contribution in [0.4, 0.5) is 0 Å². The van der Waals surface area contributed by atoms with E-state index in [0.717, 1.165) is 15.6 Å². The fourth-order valence-corrected chi connectivity index (χ4v) is 4.14. The maximum absolute atomic E-state index is 13.0. The van der Waals surface area contributed by atoms with Crippen LogP contribution in [-0.2, 0) is 33.8 Å². The van der Waals surface area contributed by atoms with Gasteiger partial charge in [0, 0.05) is 30.4 Å². The van der Waals surface area contributed by atoms with Crippen LogP contribution in [0.3, 0.4) is 0 Å². The number of amides is 1. The molecule has 0 radical (unpaired) electrons. The number of halogens is 1. The maximum atomic E-state index is 13.0. The molecule has 0 bridgehead atoms. The summed E-state index contributed by atoms with van der Waals surface area (Å²) in [6.07, 6.45) is 1.95. The lowest BCUT2D eigenvalue weighted by atomic mass is 9.93. The van der Waals surface area contributed by atoms with E-state index in [-0.39, 0.29) is 24.4 Å². The Labute approximate surface area is 181 Å². The van der Waals surface area contributed by atoms with Crippen LogP contribution < -0.4 is 5.56 Å². The zero-order valence-corrected chi connectivity index (χ0v) is 18.0. The first-order chi connectivity index (χ1) is 14.5. The van der Waals surface area contributed by atoms with Crippen LogP contribution in [0.5, 0.6) is 0 Å². The molecule has 0 spiro atoms. The van der Waals surface area contributed by atoms with Crippen molar-refractivity contribution < 1.29 is 14.3 Å². The average Bonchev–Trinajstić information content (AvgIpc) is 2.77. The van der Waals surface area contributed by atoms with Crippen molar-refractivity contribution in [3.05, 3.63) is 74.7 Å². The Hall–Kier alpha value is -3.00. The predicted molar refractivity (Wildman–Crippen MR) is 115 cm³/mol. The van der Waals surface area contributed by atoms with Crippen molar-refractivity contribution in [1.82, 2.24) is 14.5 Å². The highest BCUT2D eigenvalue weighted by Gasteiger charge is 2.35. The quantitative estimate of drug-likeness (QED) is 0.548. The molecule has 0 saturated heterocycles. The highest BCUT2D eigenvalue weighted by atomic mass is 79.9. The molecule has 1 amide bonds. The van der Waals surface area contributed by atoms with E-state index >= 15 is 0 Å². The van der Waals surface area contributed by atoms with Crippen molar-refractivity contribution in [2.45, 2.75) is 32.0 Å². The molecule has 0 saturated carbocycles. The number of carbonyl (C=O) groups is 2. The fourth-order valence-electron chi connectivity index (χ4n) is 3.78. The lowest BCUT2D eigenvalue weighted by Crippen LogP contribution is -2.49. The number of hydrogen-bond donors (Lipinski definition) is 0. The van der Waals surface area contributed by atoms with Gasteiger partial charge in [0.05, 0.1) is 24.3 Å². The number of aromatic nitrogens is 2. The van der Waals surface area contributed by atoms with Crippen molar-refractivity contribution in [3.63, 3.8) is 0 Å². The van der Waals surface area contributed by atoms with Crippen molar-refractivity contribution in [3.8, 4) is 0 Å². The molecular weight excluding hydrogens is 450 g/mol. The van der Waals surface area contributed by atoms with E-state index in [4.69, 9.17) is 4.74 Å². The number of aryl methyl sites for hydroxylation is 1. The van der Waals surface area contributed by atoms with Crippen LogP contribution in [-0.4, -0.2) is 39.5 Å². The molecule has 0 aliphatic carbocycles. The van der Waals surface area contributed by atoms with Gasteiger partial charge in [-0.1, -0.05) is 40.2 Å². The molecule has 0 N–H and O–H groups in total. The normalized spacial score (nSPS) is 15.7. The summed E-state index contributed by atoms with van der Waals surface area (Å²) in [6, 6.07) is 12.4. The van der Waals surface area contributed by atoms with E-state index in [0.29, 0.717) is 23.9 Å². The molecule has 0 fully saturated rings. The molecule has 154 valence electrons. The van der Waals surface area contributed by atoms with Gasteiger partial charge in [0.2, 0.25) is 5.91 Å². The molecule has 2 aromatic carbocycles. The van der Waals surface area contributed by atoms with Gasteiger partial charge in [-0.05, 0) is 29.3 Å².